The second-order valence-electron chi connectivity index (χ2n) is 5.22. The van der Waals surface area contributed by atoms with Crippen LogP contribution in [0.25, 0.3) is 5.69 Å². The van der Waals surface area contributed by atoms with Crippen LogP contribution in [-0.4, -0.2) is 38.3 Å². The van der Waals surface area contributed by atoms with E-state index in [1.54, 1.807) is 35.3 Å². The molecule has 0 amide bonds. The molecule has 2 aromatic carbocycles. The molecular formula is C18H16N4O2S. The third-order valence-corrected chi connectivity index (χ3v) is 4.32. The van der Waals surface area contributed by atoms with Crippen molar-refractivity contribution in [2.24, 2.45) is 0 Å². The predicted octanol–water partition coefficient (Wildman–Crippen LogP) is 2.67. The van der Waals surface area contributed by atoms with E-state index in [1.165, 1.54) is 11.8 Å². The standard InChI is InChI=1S/C18H16N4O2S/c19-10-14-6-8-17(9-7-14)24-11-16(23)12-25-18-20-13-22(21-18)15-4-2-1-3-5-15/h1-9,13,16,23H,11-12H2. The van der Waals surface area contributed by atoms with Crippen LogP contribution in [0.1, 0.15) is 5.56 Å². The van der Waals surface area contributed by atoms with Gasteiger partial charge in [-0.2, -0.15) is 5.26 Å². The molecule has 1 N–H and O–H groups in total. The minimum absolute atomic E-state index is 0.165. The van der Waals surface area contributed by atoms with Gasteiger partial charge in [0.05, 0.1) is 23.4 Å². The SMILES string of the molecule is N#Cc1ccc(OCC(O)CSc2ncn(-c3ccccc3)n2)cc1. The lowest BCUT2D eigenvalue weighted by Gasteiger charge is -2.11. The van der Waals surface area contributed by atoms with Crippen molar-refractivity contribution in [3.63, 3.8) is 0 Å². The molecule has 0 spiro atoms. The zero-order valence-corrected chi connectivity index (χ0v) is 14.1. The molecular weight excluding hydrogens is 336 g/mol. The average molecular weight is 352 g/mol. The highest BCUT2D eigenvalue weighted by molar-refractivity contribution is 7.99. The van der Waals surface area contributed by atoms with Crippen LogP contribution >= 0.6 is 11.8 Å². The van der Waals surface area contributed by atoms with E-state index in [2.05, 4.69) is 10.1 Å². The van der Waals surface area contributed by atoms with Crippen molar-refractivity contribution in [2.75, 3.05) is 12.4 Å². The van der Waals surface area contributed by atoms with Crippen LogP contribution in [0.15, 0.2) is 66.1 Å². The fourth-order valence-corrected chi connectivity index (χ4v) is 2.76. The van der Waals surface area contributed by atoms with Gasteiger partial charge in [-0.15, -0.1) is 5.10 Å². The molecule has 0 saturated carbocycles. The fourth-order valence-electron chi connectivity index (χ4n) is 2.06. The summed E-state index contributed by atoms with van der Waals surface area (Å²) in [6.07, 6.45) is 1.00. The second-order valence-corrected chi connectivity index (χ2v) is 6.21. The minimum atomic E-state index is -0.649. The van der Waals surface area contributed by atoms with Crippen LogP contribution in [-0.2, 0) is 0 Å². The van der Waals surface area contributed by atoms with Crippen LogP contribution < -0.4 is 4.74 Å². The number of hydrogen-bond acceptors (Lipinski definition) is 6. The Morgan fingerprint density at radius 1 is 1.16 bits per heavy atom. The van der Waals surface area contributed by atoms with Crippen LogP contribution in [0, 0.1) is 11.3 Å². The molecule has 7 heteroatoms. The number of aliphatic hydroxyl groups is 1. The lowest BCUT2D eigenvalue weighted by atomic mass is 10.2. The lowest BCUT2D eigenvalue weighted by Crippen LogP contribution is -2.20. The van der Waals surface area contributed by atoms with Crippen LogP contribution in [0.2, 0.25) is 0 Å². The Labute approximate surface area is 149 Å². The third-order valence-electron chi connectivity index (χ3n) is 3.32. The van der Waals surface area contributed by atoms with E-state index >= 15 is 0 Å². The highest BCUT2D eigenvalue weighted by Gasteiger charge is 2.10. The third kappa shape index (κ3) is 4.83. The van der Waals surface area contributed by atoms with Crippen LogP contribution in [0.4, 0.5) is 0 Å². The highest BCUT2D eigenvalue weighted by atomic mass is 32.2. The molecule has 0 aliphatic heterocycles. The van der Waals surface area contributed by atoms with Gasteiger partial charge in [0, 0.05) is 5.75 Å². The molecule has 0 radical (unpaired) electrons. The minimum Gasteiger partial charge on any atom is -0.491 e. The number of nitriles is 1. The molecule has 25 heavy (non-hydrogen) atoms. The molecule has 126 valence electrons. The van der Waals surface area contributed by atoms with Crippen molar-refractivity contribution < 1.29 is 9.84 Å². The largest absolute Gasteiger partial charge is 0.491 e. The van der Waals surface area contributed by atoms with Gasteiger partial charge in [0.1, 0.15) is 18.7 Å². The molecule has 1 heterocycles. The monoisotopic (exact) mass is 352 g/mol. The Morgan fingerprint density at radius 3 is 2.64 bits per heavy atom. The molecule has 6 nitrogen and oxygen atoms in total. The van der Waals surface area contributed by atoms with Gasteiger partial charge in [-0.1, -0.05) is 30.0 Å². The van der Waals surface area contributed by atoms with E-state index in [4.69, 9.17) is 10.00 Å². The van der Waals surface area contributed by atoms with E-state index in [1.807, 2.05) is 36.4 Å². The number of rotatable bonds is 7. The summed E-state index contributed by atoms with van der Waals surface area (Å²) >= 11 is 1.37. The van der Waals surface area contributed by atoms with Gasteiger partial charge in [-0.05, 0) is 36.4 Å². The number of para-hydroxylation sites is 1. The number of thioether (sulfide) groups is 1. The molecule has 0 aliphatic rings. The molecule has 0 fully saturated rings. The van der Waals surface area contributed by atoms with Gasteiger partial charge >= 0.3 is 0 Å². The number of hydrogen-bond donors (Lipinski definition) is 1. The first-order valence-electron chi connectivity index (χ1n) is 7.65. The first-order valence-corrected chi connectivity index (χ1v) is 8.64. The maximum atomic E-state index is 10.0. The summed E-state index contributed by atoms with van der Waals surface area (Å²) in [6, 6.07) is 18.5. The van der Waals surface area contributed by atoms with Gasteiger partial charge in [0.25, 0.3) is 0 Å². The van der Waals surface area contributed by atoms with Crippen molar-refractivity contribution in [1.82, 2.24) is 14.8 Å². The van der Waals surface area contributed by atoms with Gasteiger partial charge in [-0.3, -0.25) is 0 Å². The van der Waals surface area contributed by atoms with Crippen molar-refractivity contribution in [1.29, 1.82) is 5.26 Å². The summed E-state index contributed by atoms with van der Waals surface area (Å²) < 4.78 is 7.21. The maximum Gasteiger partial charge on any atom is 0.208 e. The first kappa shape index (κ1) is 17.0. The number of aliphatic hydroxyl groups excluding tert-OH is 1. The van der Waals surface area contributed by atoms with E-state index < -0.39 is 6.10 Å². The van der Waals surface area contributed by atoms with E-state index in [0.717, 1.165) is 5.69 Å². The Kier molecular flexibility index (Phi) is 5.67. The molecule has 0 aliphatic carbocycles. The molecule has 1 aromatic heterocycles. The lowest BCUT2D eigenvalue weighted by molar-refractivity contribution is 0.126. The van der Waals surface area contributed by atoms with Gasteiger partial charge in [0.2, 0.25) is 5.16 Å². The molecule has 1 unspecified atom stereocenters. The summed E-state index contributed by atoms with van der Waals surface area (Å²) in [5, 5.41) is 23.8. The summed E-state index contributed by atoms with van der Waals surface area (Å²) in [5.74, 6) is 1.05. The van der Waals surface area contributed by atoms with Crippen molar-refractivity contribution in [2.45, 2.75) is 11.3 Å². The van der Waals surface area contributed by atoms with E-state index in [-0.39, 0.29) is 6.61 Å². The zero-order chi connectivity index (χ0) is 17.5. The number of aromatic nitrogens is 3. The van der Waals surface area contributed by atoms with Crippen LogP contribution in [0.3, 0.4) is 0 Å². The van der Waals surface area contributed by atoms with Gasteiger partial charge < -0.3 is 9.84 Å². The fraction of sp³-hybridized carbons (Fsp3) is 0.167. The second kappa shape index (κ2) is 8.33. The Morgan fingerprint density at radius 2 is 1.92 bits per heavy atom. The van der Waals surface area contributed by atoms with E-state index in [9.17, 15) is 5.11 Å². The average Bonchev–Trinajstić information content (AvgIpc) is 3.15. The Bertz CT molecular complexity index is 844. The Balaban J connectivity index is 1.47. The zero-order valence-electron chi connectivity index (χ0n) is 13.3. The highest BCUT2D eigenvalue weighted by Crippen LogP contribution is 2.16. The first-order chi connectivity index (χ1) is 12.2. The topological polar surface area (TPSA) is 84.0 Å². The molecule has 3 rings (SSSR count). The molecule has 0 bridgehead atoms. The summed E-state index contributed by atoms with van der Waals surface area (Å²) in [6.45, 7) is 0.165. The predicted molar refractivity (Wildman–Crippen MR) is 94.7 cm³/mol. The summed E-state index contributed by atoms with van der Waals surface area (Å²) in [7, 11) is 0. The van der Waals surface area contributed by atoms with Crippen molar-refractivity contribution >= 4 is 11.8 Å². The summed E-state index contributed by atoms with van der Waals surface area (Å²) in [4.78, 5) is 4.23. The van der Waals surface area contributed by atoms with Gasteiger partial charge in [-0.25, -0.2) is 9.67 Å². The molecule has 1 atom stereocenters. The Hall–Kier alpha value is -2.82. The number of benzene rings is 2. The number of ether oxygens (including phenoxy) is 1. The quantitative estimate of drug-likeness (QED) is 0.658. The maximum absolute atomic E-state index is 10.0. The van der Waals surface area contributed by atoms with Gasteiger partial charge in [0.15, 0.2) is 0 Å². The van der Waals surface area contributed by atoms with Crippen molar-refractivity contribution in [3.05, 3.63) is 66.5 Å². The van der Waals surface area contributed by atoms with Crippen molar-refractivity contribution in [3.8, 4) is 17.5 Å². The van der Waals surface area contributed by atoms with Crippen LogP contribution in [0.5, 0.6) is 5.75 Å². The summed E-state index contributed by atoms with van der Waals surface area (Å²) in [5.41, 5.74) is 1.51. The number of nitrogens with zero attached hydrogens (tertiary/aromatic N) is 4. The normalized spacial score (nSPS) is 11.7. The smallest absolute Gasteiger partial charge is 0.208 e. The molecule has 0 saturated heterocycles. The van der Waals surface area contributed by atoms with E-state index in [0.29, 0.717) is 22.2 Å². The molecule has 3 aromatic rings.